The Hall–Kier alpha value is -3.19. The summed E-state index contributed by atoms with van der Waals surface area (Å²) in [6, 6.07) is 17.7. The Morgan fingerprint density at radius 3 is 2.52 bits per heavy atom. The Labute approximate surface area is 187 Å². The number of aromatic nitrogens is 2. The van der Waals surface area contributed by atoms with Crippen LogP contribution < -0.4 is 10.1 Å². The zero-order valence-electron chi connectivity index (χ0n) is 18.0. The molecule has 7 heteroatoms. The molecule has 0 aliphatic carbocycles. The summed E-state index contributed by atoms with van der Waals surface area (Å²) in [6.45, 7) is 7.62. The van der Waals surface area contributed by atoms with Gasteiger partial charge in [0.25, 0.3) is 5.89 Å². The van der Waals surface area contributed by atoms with Crippen molar-refractivity contribution in [2.45, 2.75) is 33.2 Å². The van der Waals surface area contributed by atoms with E-state index in [1.165, 1.54) is 0 Å². The van der Waals surface area contributed by atoms with Crippen LogP contribution in [0.4, 0.5) is 0 Å². The zero-order chi connectivity index (χ0) is 21.8. The second kappa shape index (κ2) is 9.31. The van der Waals surface area contributed by atoms with E-state index in [-0.39, 0.29) is 6.04 Å². The predicted molar refractivity (Wildman–Crippen MR) is 125 cm³/mol. The second-order valence-electron chi connectivity index (χ2n) is 7.32. The maximum absolute atomic E-state index is 5.75. The van der Waals surface area contributed by atoms with Crippen molar-refractivity contribution >= 4 is 22.9 Å². The first-order valence-electron chi connectivity index (χ1n) is 10.5. The van der Waals surface area contributed by atoms with Gasteiger partial charge >= 0.3 is 0 Å². The SMILES string of the molecule is CCCN1C(=S)NC(c2ccc(OCC)cc2)C(c2nc(-c3ccccc3)no2)=C1C. The van der Waals surface area contributed by atoms with Crippen LogP contribution in [0.15, 0.2) is 64.8 Å². The Bertz CT molecular complexity index is 1080. The molecule has 0 bridgehead atoms. The third-order valence-corrected chi connectivity index (χ3v) is 5.59. The van der Waals surface area contributed by atoms with Crippen molar-refractivity contribution in [2.75, 3.05) is 13.2 Å². The van der Waals surface area contributed by atoms with Crippen LogP contribution in [0.2, 0.25) is 0 Å². The molecule has 31 heavy (non-hydrogen) atoms. The summed E-state index contributed by atoms with van der Waals surface area (Å²) in [5, 5.41) is 8.41. The van der Waals surface area contributed by atoms with Gasteiger partial charge in [-0.3, -0.25) is 0 Å². The minimum atomic E-state index is -0.194. The van der Waals surface area contributed by atoms with E-state index in [4.69, 9.17) is 26.5 Å². The van der Waals surface area contributed by atoms with Crippen molar-refractivity contribution in [1.29, 1.82) is 0 Å². The van der Waals surface area contributed by atoms with Crippen LogP contribution in [-0.2, 0) is 0 Å². The zero-order valence-corrected chi connectivity index (χ0v) is 18.8. The van der Waals surface area contributed by atoms with Gasteiger partial charge in [0, 0.05) is 17.8 Å². The summed E-state index contributed by atoms with van der Waals surface area (Å²) in [6.07, 6.45) is 0.971. The number of nitrogens with zero attached hydrogens (tertiary/aromatic N) is 3. The van der Waals surface area contributed by atoms with Crippen LogP contribution in [0.1, 0.15) is 44.7 Å². The molecule has 0 saturated heterocycles. The molecule has 3 aromatic rings. The van der Waals surface area contributed by atoms with Crippen molar-refractivity contribution in [3.63, 3.8) is 0 Å². The van der Waals surface area contributed by atoms with E-state index in [1.54, 1.807) is 0 Å². The molecule has 1 unspecified atom stereocenters. The standard InChI is InChI=1S/C24H26N4O2S/c1-4-15-28-16(3)20(23-26-22(27-30-23)18-9-7-6-8-10-18)21(25-24(28)31)17-11-13-19(14-12-17)29-5-2/h6-14,21H,4-5,15H2,1-3H3,(H,25,31). The van der Waals surface area contributed by atoms with Crippen molar-refractivity contribution in [3.8, 4) is 17.1 Å². The van der Waals surface area contributed by atoms with Gasteiger partial charge in [0.05, 0.1) is 18.2 Å². The molecule has 4 rings (SSSR count). The first-order valence-corrected chi connectivity index (χ1v) is 10.9. The number of ether oxygens (including phenoxy) is 1. The van der Waals surface area contributed by atoms with E-state index < -0.39 is 0 Å². The van der Waals surface area contributed by atoms with Crippen LogP contribution in [0.3, 0.4) is 0 Å². The molecule has 1 atom stereocenters. The Kier molecular flexibility index (Phi) is 6.32. The van der Waals surface area contributed by atoms with Crippen molar-refractivity contribution in [2.24, 2.45) is 0 Å². The third kappa shape index (κ3) is 4.32. The lowest BCUT2D eigenvalue weighted by Crippen LogP contribution is -2.46. The van der Waals surface area contributed by atoms with Gasteiger partial charge < -0.3 is 19.5 Å². The quantitative estimate of drug-likeness (QED) is 0.512. The van der Waals surface area contributed by atoms with E-state index in [0.29, 0.717) is 23.4 Å². The molecule has 1 aliphatic heterocycles. The van der Waals surface area contributed by atoms with Crippen molar-refractivity contribution < 1.29 is 9.26 Å². The summed E-state index contributed by atoms with van der Waals surface area (Å²) < 4.78 is 11.3. The molecule has 2 heterocycles. The number of rotatable bonds is 7. The number of hydrogen-bond donors (Lipinski definition) is 1. The maximum Gasteiger partial charge on any atom is 0.258 e. The summed E-state index contributed by atoms with van der Waals surface area (Å²) in [5.41, 5.74) is 3.92. The molecule has 1 aromatic heterocycles. The van der Waals surface area contributed by atoms with Gasteiger partial charge in [-0.05, 0) is 50.2 Å². The van der Waals surface area contributed by atoms with Gasteiger partial charge in [-0.1, -0.05) is 54.5 Å². The highest BCUT2D eigenvalue weighted by Gasteiger charge is 2.33. The number of benzene rings is 2. The molecule has 2 aromatic carbocycles. The average Bonchev–Trinajstić information content (AvgIpc) is 3.27. The van der Waals surface area contributed by atoms with E-state index in [2.05, 4.69) is 29.2 Å². The van der Waals surface area contributed by atoms with Crippen LogP contribution >= 0.6 is 12.2 Å². The average molecular weight is 435 g/mol. The fraction of sp³-hybridized carbons (Fsp3) is 0.292. The number of thiocarbonyl (C=S) groups is 1. The summed E-state index contributed by atoms with van der Waals surface area (Å²) in [7, 11) is 0. The number of nitrogens with one attached hydrogen (secondary N) is 1. The van der Waals surface area contributed by atoms with Gasteiger partial charge in [0.2, 0.25) is 5.82 Å². The molecule has 6 nitrogen and oxygen atoms in total. The van der Waals surface area contributed by atoms with Gasteiger partial charge in [0.15, 0.2) is 5.11 Å². The first-order chi connectivity index (χ1) is 15.1. The van der Waals surface area contributed by atoms with E-state index in [9.17, 15) is 0 Å². The fourth-order valence-corrected chi connectivity index (χ4v) is 4.11. The maximum atomic E-state index is 5.75. The topological polar surface area (TPSA) is 63.4 Å². The minimum absolute atomic E-state index is 0.194. The summed E-state index contributed by atoms with van der Waals surface area (Å²) >= 11 is 5.69. The monoisotopic (exact) mass is 434 g/mol. The lowest BCUT2D eigenvalue weighted by molar-refractivity contribution is 0.340. The Balaban J connectivity index is 1.77. The molecular formula is C24H26N4O2S. The van der Waals surface area contributed by atoms with Crippen molar-refractivity contribution in [1.82, 2.24) is 20.4 Å². The minimum Gasteiger partial charge on any atom is -0.494 e. The molecule has 0 amide bonds. The molecule has 0 saturated carbocycles. The summed E-state index contributed by atoms with van der Waals surface area (Å²) in [4.78, 5) is 6.83. The second-order valence-corrected chi connectivity index (χ2v) is 7.71. The van der Waals surface area contributed by atoms with Gasteiger partial charge in [-0.25, -0.2) is 0 Å². The summed E-state index contributed by atoms with van der Waals surface area (Å²) in [5.74, 6) is 1.89. The highest BCUT2D eigenvalue weighted by Crippen LogP contribution is 2.37. The van der Waals surface area contributed by atoms with Gasteiger partial charge in [0.1, 0.15) is 5.75 Å². The van der Waals surface area contributed by atoms with Gasteiger partial charge in [-0.2, -0.15) is 4.98 Å². The molecule has 0 spiro atoms. The highest BCUT2D eigenvalue weighted by molar-refractivity contribution is 7.80. The van der Waals surface area contributed by atoms with Crippen LogP contribution in [-0.4, -0.2) is 33.3 Å². The van der Waals surface area contributed by atoms with Gasteiger partial charge in [-0.15, -0.1) is 0 Å². The fourth-order valence-electron chi connectivity index (χ4n) is 3.76. The number of allylic oxidation sites excluding steroid dienone is 1. The molecular weight excluding hydrogens is 408 g/mol. The van der Waals surface area contributed by atoms with E-state index >= 15 is 0 Å². The molecule has 1 aliphatic rings. The molecule has 1 N–H and O–H groups in total. The largest absolute Gasteiger partial charge is 0.494 e. The van der Waals surface area contributed by atoms with Crippen LogP contribution in [0.25, 0.3) is 17.0 Å². The Morgan fingerprint density at radius 1 is 1.10 bits per heavy atom. The lowest BCUT2D eigenvalue weighted by Gasteiger charge is -2.37. The smallest absolute Gasteiger partial charge is 0.258 e. The predicted octanol–water partition coefficient (Wildman–Crippen LogP) is 5.21. The highest BCUT2D eigenvalue weighted by atomic mass is 32.1. The normalized spacial score (nSPS) is 16.4. The van der Waals surface area contributed by atoms with E-state index in [1.807, 2.05) is 61.5 Å². The van der Waals surface area contributed by atoms with Crippen molar-refractivity contribution in [3.05, 3.63) is 71.7 Å². The van der Waals surface area contributed by atoms with Crippen LogP contribution in [0.5, 0.6) is 5.75 Å². The Morgan fingerprint density at radius 2 is 1.84 bits per heavy atom. The molecule has 0 radical (unpaired) electrons. The third-order valence-electron chi connectivity index (χ3n) is 5.26. The van der Waals surface area contributed by atoms with E-state index in [0.717, 1.165) is 41.1 Å². The first kappa shape index (κ1) is 21.1. The molecule has 160 valence electrons. The number of hydrogen-bond acceptors (Lipinski definition) is 5. The molecule has 0 fully saturated rings. The van der Waals surface area contributed by atoms with Crippen LogP contribution in [0, 0.1) is 0 Å². The lowest BCUT2D eigenvalue weighted by atomic mass is 9.94.